The van der Waals surface area contributed by atoms with Gasteiger partial charge >= 0.3 is 6.03 Å². The number of fused-ring (bicyclic) bond motifs is 3. The summed E-state index contributed by atoms with van der Waals surface area (Å²) in [5.41, 5.74) is 4.22. The van der Waals surface area contributed by atoms with E-state index in [9.17, 15) is 4.79 Å². The molecule has 0 saturated heterocycles. The molecule has 0 unspecified atom stereocenters. The molecule has 3 aliphatic rings. The van der Waals surface area contributed by atoms with Gasteiger partial charge in [0.05, 0.1) is 13.2 Å². The molecule has 1 fully saturated rings. The van der Waals surface area contributed by atoms with Gasteiger partial charge in [-0.2, -0.15) is 0 Å². The highest BCUT2D eigenvalue weighted by atomic mass is 32.1. The van der Waals surface area contributed by atoms with E-state index < -0.39 is 0 Å². The first-order valence-electron chi connectivity index (χ1n) is 11.1. The summed E-state index contributed by atoms with van der Waals surface area (Å²) in [5.74, 6) is 0.871. The highest BCUT2D eigenvalue weighted by Gasteiger charge is 2.38. The maximum absolute atomic E-state index is 13.4. The fourth-order valence-corrected chi connectivity index (χ4v) is 6.97. The predicted octanol–water partition coefficient (Wildman–Crippen LogP) is 5.24. The summed E-state index contributed by atoms with van der Waals surface area (Å²) in [6.45, 7) is 0.775. The van der Waals surface area contributed by atoms with Gasteiger partial charge in [-0.1, -0.05) is 31.0 Å². The maximum Gasteiger partial charge on any atom is 0.318 e. The molecule has 1 aliphatic heterocycles. The highest BCUT2D eigenvalue weighted by molar-refractivity contribution is 7.12. The first-order chi connectivity index (χ1) is 14.3. The number of amides is 2. The third-order valence-electron chi connectivity index (χ3n) is 6.85. The molecule has 2 aliphatic carbocycles. The Labute approximate surface area is 177 Å². The number of ether oxygens (including phenoxy) is 1. The summed E-state index contributed by atoms with van der Waals surface area (Å²) in [7, 11) is 1.73. The number of urea groups is 1. The predicted molar refractivity (Wildman–Crippen MR) is 117 cm³/mol. The number of carbonyl (C=O) groups is 1. The zero-order chi connectivity index (χ0) is 19.8. The van der Waals surface area contributed by atoms with E-state index in [1.165, 1.54) is 49.0 Å². The van der Waals surface area contributed by atoms with Crippen LogP contribution in [0.1, 0.15) is 71.0 Å². The number of benzene rings is 1. The average Bonchev–Trinajstić information content (AvgIpc) is 3.40. The van der Waals surface area contributed by atoms with E-state index in [0.717, 1.165) is 37.1 Å². The smallest absolute Gasteiger partial charge is 0.318 e. The van der Waals surface area contributed by atoms with Crippen molar-refractivity contribution in [2.24, 2.45) is 0 Å². The van der Waals surface area contributed by atoms with Gasteiger partial charge in [-0.3, -0.25) is 0 Å². The molecule has 2 heterocycles. The van der Waals surface area contributed by atoms with E-state index >= 15 is 0 Å². The minimum atomic E-state index is -0.0492. The van der Waals surface area contributed by atoms with E-state index in [1.807, 2.05) is 23.5 Å². The molecule has 0 spiro atoms. The van der Waals surface area contributed by atoms with Gasteiger partial charge in [0.1, 0.15) is 5.75 Å². The number of methoxy groups -OCH3 is 1. The van der Waals surface area contributed by atoms with Crippen molar-refractivity contribution < 1.29 is 9.53 Å². The lowest BCUT2D eigenvalue weighted by molar-refractivity contribution is 0.176. The summed E-state index contributed by atoms with van der Waals surface area (Å²) in [6, 6.07) is 8.59. The second-order valence-electron chi connectivity index (χ2n) is 8.57. The normalized spacial score (nSPS) is 21.6. The molecule has 1 atom stereocenters. The molecule has 154 valence electrons. The minimum absolute atomic E-state index is 0.0492. The zero-order valence-electron chi connectivity index (χ0n) is 17.2. The summed E-state index contributed by atoms with van der Waals surface area (Å²) >= 11 is 1.95. The molecule has 5 heteroatoms. The van der Waals surface area contributed by atoms with Gasteiger partial charge in [-0.25, -0.2) is 4.79 Å². The van der Waals surface area contributed by atoms with Crippen LogP contribution in [0.5, 0.6) is 5.75 Å². The molecule has 4 nitrogen and oxygen atoms in total. The molecule has 2 amide bonds. The summed E-state index contributed by atoms with van der Waals surface area (Å²) in [5, 5.41) is 3.33. The van der Waals surface area contributed by atoms with Crippen LogP contribution in [-0.4, -0.2) is 30.6 Å². The van der Waals surface area contributed by atoms with Crippen LogP contribution in [0.4, 0.5) is 4.79 Å². The summed E-state index contributed by atoms with van der Waals surface area (Å²) < 4.78 is 5.72. The fourth-order valence-electron chi connectivity index (χ4n) is 5.40. The Bertz CT molecular complexity index is 900. The zero-order valence-corrected chi connectivity index (χ0v) is 18.0. The lowest BCUT2D eigenvalue weighted by Gasteiger charge is -2.37. The second-order valence-corrected chi connectivity index (χ2v) is 9.71. The standard InChI is InChI=1S/C24H30N2O2S/c1-28-20-12-6-4-11-19(20)22-23-18(17-10-5-7-13-21(17)29-23)14-15-26(22)24(27)25-16-8-2-3-9-16/h4,6,11-12,16,22H,2-3,5,7-10,13-15H2,1H3,(H,25,27)/t22-/m1/s1. The van der Waals surface area contributed by atoms with Gasteiger partial charge in [0.25, 0.3) is 0 Å². The van der Waals surface area contributed by atoms with Crippen LogP contribution in [0.2, 0.25) is 0 Å². The van der Waals surface area contributed by atoms with E-state index in [2.05, 4.69) is 22.3 Å². The molecular weight excluding hydrogens is 380 g/mol. The lowest BCUT2D eigenvalue weighted by Crippen LogP contribution is -2.48. The summed E-state index contributed by atoms with van der Waals surface area (Å²) in [6.07, 6.45) is 10.6. The van der Waals surface area contributed by atoms with Gasteiger partial charge in [0.15, 0.2) is 0 Å². The van der Waals surface area contributed by atoms with Gasteiger partial charge in [0, 0.05) is 27.9 Å². The van der Waals surface area contributed by atoms with Crippen LogP contribution in [0.15, 0.2) is 24.3 Å². The Morgan fingerprint density at radius 1 is 1.07 bits per heavy atom. The SMILES string of the molecule is COc1ccccc1[C@@H]1c2sc3c(c2CCN1C(=O)NC1CCCC1)CCCC3. The van der Waals surface area contributed by atoms with Crippen LogP contribution >= 0.6 is 11.3 Å². The Hall–Kier alpha value is -2.01. The van der Waals surface area contributed by atoms with Crippen molar-refractivity contribution in [1.29, 1.82) is 0 Å². The Balaban J connectivity index is 1.56. The molecular formula is C24H30N2O2S. The van der Waals surface area contributed by atoms with Crippen molar-refractivity contribution in [3.63, 3.8) is 0 Å². The molecule has 1 aromatic heterocycles. The van der Waals surface area contributed by atoms with Crippen LogP contribution in [0, 0.1) is 0 Å². The van der Waals surface area contributed by atoms with Crippen molar-refractivity contribution in [3.8, 4) is 5.75 Å². The third kappa shape index (κ3) is 3.43. The van der Waals surface area contributed by atoms with Crippen molar-refractivity contribution in [2.45, 2.75) is 69.9 Å². The Morgan fingerprint density at radius 2 is 1.86 bits per heavy atom. The van der Waals surface area contributed by atoms with E-state index in [4.69, 9.17) is 4.74 Å². The van der Waals surface area contributed by atoms with E-state index in [0.29, 0.717) is 6.04 Å². The largest absolute Gasteiger partial charge is 0.496 e. The average molecular weight is 411 g/mol. The number of aryl methyl sites for hydroxylation is 1. The molecule has 2 aromatic rings. The molecule has 1 aromatic carbocycles. The van der Waals surface area contributed by atoms with Gasteiger partial charge in [-0.05, 0) is 62.1 Å². The Morgan fingerprint density at radius 3 is 2.69 bits per heavy atom. The lowest BCUT2D eigenvalue weighted by atomic mass is 9.88. The van der Waals surface area contributed by atoms with Crippen molar-refractivity contribution >= 4 is 17.4 Å². The Kier molecular flexibility index (Phi) is 5.25. The molecule has 0 bridgehead atoms. The first-order valence-corrected chi connectivity index (χ1v) is 11.9. The number of para-hydroxylation sites is 1. The van der Waals surface area contributed by atoms with Crippen molar-refractivity contribution in [2.75, 3.05) is 13.7 Å². The van der Waals surface area contributed by atoms with Crippen LogP contribution in [0.3, 0.4) is 0 Å². The van der Waals surface area contributed by atoms with Gasteiger partial charge in [-0.15, -0.1) is 11.3 Å². The van der Waals surface area contributed by atoms with Gasteiger partial charge < -0.3 is 15.0 Å². The van der Waals surface area contributed by atoms with E-state index in [-0.39, 0.29) is 12.1 Å². The summed E-state index contributed by atoms with van der Waals surface area (Å²) in [4.78, 5) is 18.4. The number of nitrogens with zero attached hydrogens (tertiary/aromatic N) is 1. The molecule has 1 N–H and O–H groups in total. The maximum atomic E-state index is 13.4. The number of nitrogens with one attached hydrogen (secondary N) is 1. The number of hydrogen-bond donors (Lipinski definition) is 1. The number of thiophene rings is 1. The molecule has 0 radical (unpaired) electrons. The van der Waals surface area contributed by atoms with E-state index in [1.54, 1.807) is 17.6 Å². The van der Waals surface area contributed by atoms with Crippen molar-refractivity contribution in [3.05, 3.63) is 50.7 Å². The van der Waals surface area contributed by atoms with Gasteiger partial charge in [0.2, 0.25) is 0 Å². The fraction of sp³-hybridized carbons (Fsp3) is 0.542. The number of carbonyl (C=O) groups excluding carboxylic acids is 1. The van der Waals surface area contributed by atoms with Crippen LogP contribution in [0.25, 0.3) is 0 Å². The van der Waals surface area contributed by atoms with Crippen molar-refractivity contribution in [1.82, 2.24) is 10.2 Å². The van der Waals surface area contributed by atoms with Crippen LogP contribution < -0.4 is 10.1 Å². The first kappa shape index (κ1) is 19.0. The molecule has 29 heavy (non-hydrogen) atoms. The monoisotopic (exact) mass is 410 g/mol. The highest BCUT2D eigenvalue weighted by Crippen LogP contribution is 2.46. The third-order valence-corrected chi connectivity index (χ3v) is 8.24. The minimum Gasteiger partial charge on any atom is -0.496 e. The van der Waals surface area contributed by atoms with Crippen LogP contribution in [-0.2, 0) is 19.3 Å². The molecule has 5 rings (SSSR count). The quantitative estimate of drug-likeness (QED) is 0.752. The number of rotatable bonds is 3. The second kappa shape index (κ2) is 8.02. The number of hydrogen-bond acceptors (Lipinski definition) is 3. The molecule has 1 saturated carbocycles. The topological polar surface area (TPSA) is 41.6 Å².